The zero-order valence-electron chi connectivity index (χ0n) is 13.2. The lowest BCUT2D eigenvalue weighted by Gasteiger charge is -2.12. The number of carbonyl (C=O) groups excluding carboxylic acids is 1. The quantitative estimate of drug-likeness (QED) is 0.729. The number of rotatable bonds is 4. The first-order valence-corrected chi connectivity index (χ1v) is 7.57. The van der Waals surface area contributed by atoms with Gasteiger partial charge in [-0.1, -0.05) is 42.5 Å². The van der Waals surface area contributed by atoms with Gasteiger partial charge in [0.15, 0.2) is 0 Å². The number of carbonyl (C=O) groups is 1. The molecule has 24 heavy (non-hydrogen) atoms. The number of nitrogens with one attached hydrogen (secondary N) is 1. The van der Waals surface area contributed by atoms with Gasteiger partial charge in [-0.2, -0.15) is 0 Å². The van der Waals surface area contributed by atoms with E-state index in [0.717, 1.165) is 5.56 Å². The molecule has 6 nitrogen and oxygen atoms in total. The summed E-state index contributed by atoms with van der Waals surface area (Å²) in [6, 6.07) is 16.5. The van der Waals surface area contributed by atoms with Gasteiger partial charge in [0, 0.05) is 13.6 Å². The minimum Gasteiger partial charge on any atom is -0.350 e. The predicted octanol–water partition coefficient (Wildman–Crippen LogP) is 1.02. The van der Waals surface area contributed by atoms with Gasteiger partial charge < -0.3 is 9.88 Å². The topological polar surface area (TPSA) is 73.1 Å². The second-order valence-electron chi connectivity index (χ2n) is 5.51. The number of nitrogens with zero attached hydrogens (tertiary/aromatic N) is 2. The molecule has 0 aliphatic carbocycles. The summed E-state index contributed by atoms with van der Waals surface area (Å²) in [5.74, 6) is -0.320. The molecule has 0 bridgehead atoms. The molecule has 2 aromatic carbocycles. The van der Waals surface area contributed by atoms with E-state index in [2.05, 4.69) is 5.32 Å². The normalized spacial score (nSPS) is 10.7. The Morgan fingerprint density at radius 1 is 0.917 bits per heavy atom. The van der Waals surface area contributed by atoms with Crippen molar-refractivity contribution in [1.29, 1.82) is 0 Å². The highest BCUT2D eigenvalue weighted by Gasteiger charge is 2.13. The van der Waals surface area contributed by atoms with Gasteiger partial charge in [0.1, 0.15) is 6.54 Å². The Balaban J connectivity index is 1.89. The first-order chi connectivity index (χ1) is 11.6. The van der Waals surface area contributed by atoms with Crippen LogP contribution in [-0.4, -0.2) is 15.0 Å². The van der Waals surface area contributed by atoms with Crippen molar-refractivity contribution in [2.75, 3.05) is 0 Å². The minimum atomic E-state index is -0.703. The first kappa shape index (κ1) is 15.7. The fourth-order valence-corrected chi connectivity index (χ4v) is 2.61. The molecule has 0 saturated heterocycles. The summed E-state index contributed by atoms with van der Waals surface area (Å²) in [6.07, 6.45) is 0. The van der Waals surface area contributed by atoms with Crippen LogP contribution in [0.15, 0.2) is 64.2 Å². The van der Waals surface area contributed by atoms with Crippen molar-refractivity contribution in [3.63, 3.8) is 0 Å². The highest BCUT2D eigenvalue weighted by Crippen LogP contribution is 2.09. The zero-order valence-corrected chi connectivity index (χ0v) is 13.2. The number of fused-ring (bicyclic) bond motifs is 1. The van der Waals surface area contributed by atoms with Crippen molar-refractivity contribution in [1.82, 2.24) is 14.5 Å². The smallest absolute Gasteiger partial charge is 0.317 e. The van der Waals surface area contributed by atoms with E-state index < -0.39 is 11.1 Å². The molecule has 0 atom stereocenters. The lowest BCUT2D eigenvalue weighted by atomic mass is 10.2. The maximum absolute atomic E-state index is 12.3. The second-order valence-corrected chi connectivity index (χ2v) is 5.51. The van der Waals surface area contributed by atoms with E-state index in [0.29, 0.717) is 17.6 Å². The molecule has 0 aliphatic heterocycles. The highest BCUT2D eigenvalue weighted by molar-refractivity contribution is 5.80. The van der Waals surface area contributed by atoms with Crippen LogP contribution in [0.4, 0.5) is 0 Å². The number of aryl methyl sites for hydroxylation is 1. The van der Waals surface area contributed by atoms with E-state index in [9.17, 15) is 14.4 Å². The molecular formula is C18H17N3O3. The Morgan fingerprint density at radius 2 is 1.54 bits per heavy atom. The molecule has 1 aromatic heterocycles. The fourth-order valence-electron chi connectivity index (χ4n) is 2.61. The van der Waals surface area contributed by atoms with Gasteiger partial charge in [-0.25, -0.2) is 0 Å². The Morgan fingerprint density at radius 3 is 2.25 bits per heavy atom. The molecule has 0 saturated carbocycles. The van der Waals surface area contributed by atoms with Crippen molar-refractivity contribution in [2.45, 2.75) is 13.1 Å². The van der Waals surface area contributed by atoms with Crippen molar-refractivity contribution in [3.05, 3.63) is 80.9 Å². The molecule has 0 radical (unpaired) electrons. The number of benzene rings is 2. The Hall–Kier alpha value is -3.15. The predicted molar refractivity (Wildman–Crippen MR) is 91.7 cm³/mol. The van der Waals surface area contributed by atoms with Gasteiger partial charge in [0.05, 0.1) is 11.0 Å². The van der Waals surface area contributed by atoms with Crippen LogP contribution >= 0.6 is 0 Å². The number of hydrogen-bond acceptors (Lipinski definition) is 3. The summed E-state index contributed by atoms with van der Waals surface area (Å²) >= 11 is 0. The summed E-state index contributed by atoms with van der Waals surface area (Å²) < 4.78 is 2.52. The monoisotopic (exact) mass is 323 g/mol. The first-order valence-electron chi connectivity index (χ1n) is 7.57. The van der Waals surface area contributed by atoms with Crippen LogP contribution < -0.4 is 16.4 Å². The molecule has 0 unspecified atom stereocenters. The van der Waals surface area contributed by atoms with Crippen LogP contribution in [0, 0.1) is 0 Å². The minimum absolute atomic E-state index is 0.192. The van der Waals surface area contributed by atoms with Crippen LogP contribution in [0.3, 0.4) is 0 Å². The molecule has 1 N–H and O–H groups in total. The number of amides is 1. The van der Waals surface area contributed by atoms with Crippen molar-refractivity contribution >= 4 is 16.9 Å². The lowest BCUT2D eigenvalue weighted by Crippen LogP contribution is -2.43. The van der Waals surface area contributed by atoms with Crippen molar-refractivity contribution in [3.8, 4) is 0 Å². The summed E-state index contributed by atoms with van der Waals surface area (Å²) in [6.45, 7) is 0.180. The summed E-state index contributed by atoms with van der Waals surface area (Å²) in [7, 11) is 1.55. The molecule has 122 valence electrons. The third-order valence-electron chi connectivity index (χ3n) is 3.90. The van der Waals surface area contributed by atoms with E-state index in [1.54, 1.807) is 31.3 Å². The molecule has 0 spiro atoms. The van der Waals surface area contributed by atoms with Gasteiger partial charge in [0.2, 0.25) is 5.91 Å². The van der Waals surface area contributed by atoms with Crippen molar-refractivity contribution in [2.24, 2.45) is 7.05 Å². The van der Waals surface area contributed by atoms with Crippen LogP contribution in [-0.2, 0) is 24.9 Å². The van der Waals surface area contributed by atoms with Crippen LogP contribution in [0.5, 0.6) is 0 Å². The van der Waals surface area contributed by atoms with E-state index in [1.807, 2.05) is 30.3 Å². The summed E-state index contributed by atoms with van der Waals surface area (Å²) in [4.78, 5) is 36.5. The third kappa shape index (κ3) is 2.99. The van der Waals surface area contributed by atoms with Gasteiger partial charge in [-0.15, -0.1) is 0 Å². The van der Waals surface area contributed by atoms with Crippen LogP contribution in [0.2, 0.25) is 0 Å². The highest BCUT2D eigenvalue weighted by atomic mass is 16.2. The number of para-hydroxylation sites is 2. The largest absolute Gasteiger partial charge is 0.350 e. The summed E-state index contributed by atoms with van der Waals surface area (Å²) in [5.41, 5.74) is 0.778. The number of hydrogen-bond donors (Lipinski definition) is 1. The molecule has 1 amide bonds. The molecule has 0 aliphatic rings. The van der Waals surface area contributed by atoms with Crippen LogP contribution in [0.25, 0.3) is 11.0 Å². The van der Waals surface area contributed by atoms with Gasteiger partial charge in [-0.05, 0) is 17.7 Å². The van der Waals surface area contributed by atoms with E-state index in [1.165, 1.54) is 9.13 Å². The van der Waals surface area contributed by atoms with E-state index in [4.69, 9.17) is 0 Å². The van der Waals surface area contributed by atoms with E-state index in [-0.39, 0.29) is 12.5 Å². The molecule has 6 heteroatoms. The average Bonchev–Trinajstić information content (AvgIpc) is 2.62. The molecule has 1 heterocycles. The zero-order chi connectivity index (χ0) is 17.1. The maximum Gasteiger partial charge on any atom is 0.317 e. The van der Waals surface area contributed by atoms with Crippen molar-refractivity contribution < 1.29 is 4.79 Å². The maximum atomic E-state index is 12.3. The molecule has 0 fully saturated rings. The Bertz CT molecular complexity index is 1000. The lowest BCUT2D eigenvalue weighted by molar-refractivity contribution is -0.121. The van der Waals surface area contributed by atoms with Gasteiger partial charge in [0.25, 0.3) is 0 Å². The molecular weight excluding hydrogens is 306 g/mol. The SMILES string of the molecule is Cn1c(=O)c(=O)n(CC(=O)NCc2ccccc2)c2ccccc21. The summed E-state index contributed by atoms with van der Waals surface area (Å²) in [5, 5.41) is 2.77. The standard InChI is InChI=1S/C18H17N3O3/c1-20-14-9-5-6-10-15(14)21(18(24)17(20)23)12-16(22)19-11-13-7-3-2-4-8-13/h2-10H,11-12H2,1H3,(H,19,22). The second kappa shape index (κ2) is 6.54. The molecule has 3 aromatic rings. The fraction of sp³-hybridized carbons (Fsp3) is 0.167. The van der Waals surface area contributed by atoms with Crippen LogP contribution in [0.1, 0.15) is 5.56 Å². The number of aromatic nitrogens is 2. The molecule has 3 rings (SSSR count). The average molecular weight is 323 g/mol. The van der Waals surface area contributed by atoms with E-state index >= 15 is 0 Å². The van der Waals surface area contributed by atoms with Gasteiger partial charge >= 0.3 is 11.1 Å². The van der Waals surface area contributed by atoms with Gasteiger partial charge in [-0.3, -0.25) is 19.0 Å². The Labute approximate surface area is 138 Å². The Kier molecular flexibility index (Phi) is 4.29. The third-order valence-corrected chi connectivity index (χ3v) is 3.90.